The first-order chi connectivity index (χ1) is 28.8. The fraction of sp³-hybridized carbons (Fsp3) is 0.0588. The Morgan fingerprint density at radius 3 is 0.793 bits per heavy atom. The maximum absolute atomic E-state index is 4.58. The van der Waals surface area contributed by atoms with E-state index in [1.807, 2.05) is 0 Å². The molecule has 0 aliphatic heterocycles. The summed E-state index contributed by atoms with van der Waals surface area (Å²) >= 11 is 3.50. The quantitative estimate of drug-likeness (QED) is 0.0845. The minimum Gasteiger partial charge on any atom is -0.0622 e. The third kappa shape index (κ3) is 12.8. The summed E-state index contributed by atoms with van der Waals surface area (Å²) in [5, 5.41) is 11.6. The fourth-order valence-electron chi connectivity index (χ4n) is 7.40. The second kappa shape index (κ2) is 26.3. The topological polar surface area (TPSA) is 0 Å². The number of halogens is 2. The molecule has 0 aromatic heterocycles. The fourth-order valence-corrected chi connectivity index (χ4v) is 17.2. The van der Waals surface area contributed by atoms with Gasteiger partial charge in [-0.25, -0.2) is 0 Å². The summed E-state index contributed by atoms with van der Waals surface area (Å²) in [6.45, 7) is 0. The van der Waals surface area contributed by atoms with Gasteiger partial charge >= 0.3 is 270 Å². The van der Waals surface area contributed by atoms with Crippen LogP contribution in [0, 0.1) is 0 Å². The second-order valence-electron chi connectivity index (χ2n) is 13.3. The van der Waals surface area contributed by atoms with Gasteiger partial charge in [0.1, 0.15) is 0 Å². The summed E-state index contributed by atoms with van der Waals surface area (Å²) < 4.78 is 0. The number of hydrogen-bond donors (Lipinski definition) is 0. The molecule has 0 unspecified atom stereocenters. The molecule has 0 radical (unpaired) electrons. The van der Waals surface area contributed by atoms with Crippen molar-refractivity contribution < 1.29 is 40.0 Å². The van der Waals surface area contributed by atoms with Crippen molar-refractivity contribution in [1.29, 1.82) is 0 Å². The van der Waals surface area contributed by atoms with Crippen molar-refractivity contribution >= 4 is 83.9 Å². The van der Waals surface area contributed by atoms with Crippen LogP contribution >= 0.6 is 41.5 Å². The van der Waals surface area contributed by atoms with E-state index in [9.17, 15) is 0 Å². The Balaban J connectivity index is 0.000000235. The zero-order valence-electron chi connectivity index (χ0n) is 32.0. The van der Waals surface area contributed by atoms with Crippen LogP contribution in [-0.4, -0.2) is 12.3 Å². The zero-order chi connectivity index (χ0) is 40.7. The molecule has 0 aliphatic carbocycles. The molecule has 0 heterocycles. The molecule has 7 heteroatoms. The Labute approximate surface area is 381 Å². The first kappa shape index (κ1) is 46.2. The Morgan fingerprint density at radius 1 is 0.310 bits per heavy atom. The van der Waals surface area contributed by atoms with Crippen molar-refractivity contribution in [1.82, 2.24) is 0 Å². The van der Waals surface area contributed by atoms with E-state index in [0.717, 1.165) is 0 Å². The Bertz CT molecular complexity index is 2010. The van der Waals surface area contributed by atoms with Crippen LogP contribution in [-0.2, 0) is 40.0 Å². The van der Waals surface area contributed by atoms with Gasteiger partial charge in [0, 0.05) is 0 Å². The maximum Gasteiger partial charge on any atom is -0.0134 e. The van der Waals surface area contributed by atoms with Crippen LogP contribution in [0.5, 0.6) is 0 Å². The van der Waals surface area contributed by atoms with Crippen molar-refractivity contribution in [2.75, 3.05) is 12.3 Å². The average Bonchev–Trinajstić information content (AvgIpc) is 3.33. The van der Waals surface area contributed by atoms with E-state index in [1.54, 1.807) is 40.0 Å². The first-order valence-corrected chi connectivity index (χ1v) is 29.5. The molecule has 0 atom stereocenters. The molecule has 58 heavy (non-hydrogen) atoms. The number of hydrogen-bond acceptors (Lipinski definition) is 0. The summed E-state index contributed by atoms with van der Waals surface area (Å²) in [6, 6.07) is 88.5. The molecule has 0 spiro atoms. The Morgan fingerprint density at radius 2 is 0.534 bits per heavy atom. The van der Waals surface area contributed by atoms with Crippen molar-refractivity contribution in [2.45, 2.75) is 6.42 Å². The molecule has 302 valence electrons. The van der Waals surface area contributed by atoms with Crippen molar-refractivity contribution in [2.24, 2.45) is 0 Å². The molecule has 8 aromatic rings. The standard InChI is InChI=1S/C33H32P2.C18H15P.2Au.2ClH/c1-6-17-29(18-7-1)34(30-19-8-2-9-20-30)27-16-28-35(31-21-10-3-11-22-31,32-23-12-4-13-24-32)33-25-14-5-15-26-33;1-4-10-16(11-5-1)19(17-12-6-2-7-13-17)18-14-8-3-9-15-18;;;;/h1-15,17-26,35H,16,27-28H2;1-15H;;;2*1H/q;;2*+1;;/p-2. The SMILES string of the molecule is [Cl][Au].[Cl][Au].c1ccc(P(CCC[PH](c2ccccc2)(c2ccccc2)c2ccccc2)c2ccccc2)cc1.c1ccc(P(c2ccccc2)c2ccccc2)cc1. The van der Waals surface area contributed by atoms with Gasteiger partial charge in [0.05, 0.1) is 0 Å². The molecular weight excluding hydrogens is 1170 g/mol. The molecule has 0 fully saturated rings. The Kier molecular flexibility index (Phi) is 21.0. The number of benzene rings is 8. The summed E-state index contributed by atoms with van der Waals surface area (Å²) in [6.07, 6.45) is 3.59. The van der Waals surface area contributed by atoms with Gasteiger partial charge in [0.25, 0.3) is 0 Å². The van der Waals surface area contributed by atoms with Crippen LogP contribution in [0.3, 0.4) is 0 Å². The van der Waals surface area contributed by atoms with Crippen LogP contribution in [0.15, 0.2) is 243 Å². The van der Waals surface area contributed by atoms with Crippen LogP contribution < -0.4 is 42.4 Å². The van der Waals surface area contributed by atoms with E-state index in [0.29, 0.717) is 0 Å². The summed E-state index contributed by atoms with van der Waals surface area (Å²) in [4.78, 5) is 0. The summed E-state index contributed by atoms with van der Waals surface area (Å²) in [5.74, 6) is 0. The van der Waals surface area contributed by atoms with Gasteiger partial charge in [-0.3, -0.25) is 0 Å². The van der Waals surface area contributed by atoms with E-state index in [1.165, 1.54) is 61.2 Å². The van der Waals surface area contributed by atoms with Crippen molar-refractivity contribution in [3.05, 3.63) is 243 Å². The minimum absolute atomic E-state index is 0.388. The number of rotatable bonds is 12. The Hall–Kier alpha value is -2.89. The third-order valence-corrected chi connectivity index (χ3v) is 20.0. The van der Waals surface area contributed by atoms with Gasteiger partial charge in [-0.05, 0) is 23.8 Å². The smallest absolute Gasteiger partial charge is 0.0134 e. The molecule has 0 saturated heterocycles. The molecule has 0 aliphatic rings. The predicted octanol–water partition coefficient (Wildman–Crippen LogP) is 11.1. The molecule has 0 N–H and O–H groups in total. The van der Waals surface area contributed by atoms with Gasteiger partial charge in [0.15, 0.2) is 0 Å². The molecule has 0 nitrogen and oxygen atoms in total. The predicted molar refractivity (Wildman–Crippen MR) is 257 cm³/mol. The molecule has 8 rings (SSSR count). The van der Waals surface area contributed by atoms with Crippen LogP contribution in [0.2, 0.25) is 0 Å². The maximum atomic E-state index is 4.58. The van der Waals surface area contributed by atoms with Gasteiger partial charge in [-0.1, -0.05) is 91.0 Å². The van der Waals surface area contributed by atoms with Crippen molar-refractivity contribution in [3.63, 3.8) is 0 Å². The zero-order valence-corrected chi connectivity index (χ0v) is 40.6. The van der Waals surface area contributed by atoms with Crippen LogP contribution in [0.25, 0.3) is 0 Å². The van der Waals surface area contributed by atoms with Crippen molar-refractivity contribution in [3.8, 4) is 0 Å². The molecule has 0 saturated carbocycles. The van der Waals surface area contributed by atoms with Gasteiger partial charge < -0.3 is 0 Å². The summed E-state index contributed by atoms with van der Waals surface area (Å²) in [7, 11) is 6.15. The molecule has 8 aromatic carbocycles. The van der Waals surface area contributed by atoms with Gasteiger partial charge in [-0.15, -0.1) is 0 Å². The van der Waals surface area contributed by atoms with Crippen LogP contribution in [0.4, 0.5) is 0 Å². The normalized spacial score (nSPS) is 10.9. The average molecular weight is 1220 g/mol. The van der Waals surface area contributed by atoms with Crippen LogP contribution in [0.1, 0.15) is 6.42 Å². The monoisotopic (exact) mass is 1220 g/mol. The minimum atomic E-state index is -2.18. The van der Waals surface area contributed by atoms with Gasteiger partial charge in [-0.2, -0.15) is 0 Å². The second-order valence-corrected chi connectivity index (χ2v) is 21.9. The van der Waals surface area contributed by atoms with E-state index < -0.39 is 15.2 Å². The summed E-state index contributed by atoms with van der Waals surface area (Å²) in [5.41, 5.74) is 0. The van der Waals surface area contributed by atoms with Gasteiger partial charge in [0.2, 0.25) is 0 Å². The van der Waals surface area contributed by atoms with E-state index in [-0.39, 0.29) is 7.92 Å². The molecular formula is C51H47Au2Cl2P3. The molecule has 0 amide bonds. The molecule has 0 bridgehead atoms. The third-order valence-electron chi connectivity index (χ3n) is 9.91. The van der Waals surface area contributed by atoms with E-state index in [2.05, 4.69) is 261 Å². The van der Waals surface area contributed by atoms with E-state index in [4.69, 9.17) is 0 Å². The van der Waals surface area contributed by atoms with E-state index >= 15 is 0 Å². The first-order valence-electron chi connectivity index (χ1n) is 19.1. The largest absolute Gasteiger partial charge is 0.0622 e.